The van der Waals surface area contributed by atoms with Gasteiger partial charge in [0.1, 0.15) is 11.5 Å². The van der Waals surface area contributed by atoms with Crippen molar-refractivity contribution in [1.29, 1.82) is 0 Å². The van der Waals surface area contributed by atoms with Crippen molar-refractivity contribution in [3.8, 4) is 5.75 Å². The van der Waals surface area contributed by atoms with Crippen molar-refractivity contribution in [3.05, 3.63) is 95.7 Å². The van der Waals surface area contributed by atoms with E-state index in [9.17, 15) is 14.7 Å². The van der Waals surface area contributed by atoms with E-state index in [-0.39, 0.29) is 17.4 Å². The summed E-state index contributed by atoms with van der Waals surface area (Å²) in [4.78, 5) is 33.6. The summed E-state index contributed by atoms with van der Waals surface area (Å²) in [6.07, 6.45) is 1.81. The highest BCUT2D eigenvalue weighted by Crippen LogP contribution is 2.44. The van der Waals surface area contributed by atoms with Crippen molar-refractivity contribution in [2.24, 2.45) is 0 Å². The molecule has 7 heteroatoms. The first-order valence-corrected chi connectivity index (χ1v) is 12.2. The summed E-state index contributed by atoms with van der Waals surface area (Å²) < 4.78 is 5.71. The maximum Gasteiger partial charge on any atom is 0.300 e. The summed E-state index contributed by atoms with van der Waals surface area (Å²) in [5.74, 6) is -0.987. The van der Waals surface area contributed by atoms with E-state index in [1.165, 1.54) is 4.90 Å². The third-order valence-corrected chi connectivity index (χ3v) is 6.50. The molecule has 1 atom stereocenters. The Bertz CT molecular complexity index is 1500. The van der Waals surface area contributed by atoms with Crippen LogP contribution in [0.25, 0.3) is 16.7 Å². The first-order valence-electron chi connectivity index (χ1n) is 12.2. The van der Waals surface area contributed by atoms with Gasteiger partial charge in [0.2, 0.25) is 0 Å². The van der Waals surface area contributed by atoms with E-state index in [0.717, 1.165) is 22.2 Å². The molecule has 1 aliphatic heterocycles. The van der Waals surface area contributed by atoms with Crippen LogP contribution in [0.5, 0.6) is 5.75 Å². The molecule has 1 aromatic heterocycles. The summed E-state index contributed by atoms with van der Waals surface area (Å²) >= 11 is 0. The average Bonchev–Trinajstić information content (AvgIpc) is 3.42. The van der Waals surface area contributed by atoms with Crippen LogP contribution in [0, 0.1) is 0 Å². The number of nitrogens with zero attached hydrogens (tertiary/aromatic N) is 2. The number of benzene rings is 3. The highest BCUT2D eigenvalue weighted by Gasteiger charge is 2.47. The molecule has 37 heavy (non-hydrogen) atoms. The standard InChI is InChI=1S/C30H29N3O4/c1-18(2)37-22-15-9-19(10-16-22)28(34)26-27(24-17-31-25-8-6-5-7-23(24)25)33(30(36)29(26)35)21-13-11-20(12-14-21)32(3)4/h5-18,27,31,34H,1-4H3/b28-26+. The predicted molar refractivity (Wildman–Crippen MR) is 146 cm³/mol. The monoisotopic (exact) mass is 495 g/mol. The Balaban J connectivity index is 1.68. The number of ether oxygens (including phenoxy) is 1. The van der Waals surface area contributed by atoms with Gasteiger partial charge in [0, 0.05) is 53.7 Å². The number of anilines is 2. The van der Waals surface area contributed by atoms with Crippen LogP contribution >= 0.6 is 0 Å². The van der Waals surface area contributed by atoms with Crippen LogP contribution in [0.3, 0.4) is 0 Å². The van der Waals surface area contributed by atoms with Gasteiger partial charge in [-0.15, -0.1) is 0 Å². The number of aromatic nitrogens is 1. The number of H-pyrrole nitrogens is 1. The number of fused-ring (bicyclic) bond motifs is 1. The minimum Gasteiger partial charge on any atom is -0.507 e. The molecule has 2 N–H and O–H groups in total. The van der Waals surface area contributed by atoms with Gasteiger partial charge in [0.25, 0.3) is 11.7 Å². The van der Waals surface area contributed by atoms with E-state index < -0.39 is 17.7 Å². The molecule has 1 unspecified atom stereocenters. The van der Waals surface area contributed by atoms with Gasteiger partial charge >= 0.3 is 0 Å². The van der Waals surface area contributed by atoms with Crippen LogP contribution in [-0.2, 0) is 9.59 Å². The van der Waals surface area contributed by atoms with Crippen molar-refractivity contribution >= 4 is 39.7 Å². The number of Topliss-reactive ketones (excluding diaryl/α,β-unsaturated/α-hetero) is 1. The van der Waals surface area contributed by atoms with Crippen molar-refractivity contribution < 1.29 is 19.4 Å². The Kier molecular flexibility index (Phi) is 6.21. The second kappa shape index (κ2) is 9.50. The molecule has 0 radical (unpaired) electrons. The van der Waals surface area contributed by atoms with Crippen molar-refractivity contribution in [2.75, 3.05) is 23.9 Å². The first-order chi connectivity index (χ1) is 17.8. The molecule has 4 aromatic rings. The Hall–Kier alpha value is -4.52. The van der Waals surface area contributed by atoms with Crippen LogP contribution in [0.4, 0.5) is 11.4 Å². The Morgan fingerprint density at radius 2 is 1.65 bits per heavy atom. The van der Waals surface area contributed by atoms with E-state index in [1.807, 2.05) is 81.4 Å². The normalized spacial score (nSPS) is 17.1. The van der Waals surface area contributed by atoms with Crippen LogP contribution in [0.15, 0.2) is 84.6 Å². The Labute approximate surface area is 215 Å². The Morgan fingerprint density at radius 1 is 0.973 bits per heavy atom. The lowest BCUT2D eigenvalue weighted by atomic mass is 9.94. The molecule has 7 nitrogen and oxygen atoms in total. The number of aliphatic hydroxyl groups is 1. The van der Waals surface area contributed by atoms with Crippen LogP contribution in [0.2, 0.25) is 0 Å². The third kappa shape index (κ3) is 4.33. The minimum absolute atomic E-state index is 0.00512. The van der Waals surface area contributed by atoms with E-state index in [4.69, 9.17) is 4.74 Å². The van der Waals surface area contributed by atoms with Gasteiger partial charge in [0.05, 0.1) is 17.7 Å². The molecule has 1 saturated heterocycles. The number of nitrogens with one attached hydrogen (secondary N) is 1. The van der Waals surface area contributed by atoms with E-state index in [1.54, 1.807) is 30.5 Å². The van der Waals surface area contributed by atoms with E-state index in [2.05, 4.69) is 4.98 Å². The predicted octanol–water partition coefficient (Wildman–Crippen LogP) is 5.65. The van der Waals surface area contributed by atoms with Gasteiger partial charge in [0.15, 0.2) is 0 Å². The minimum atomic E-state index is -0.812. The number of ketones is 1. The molecule has 1 fully saturated rings. The topological polar surface area (TPSA) is 85.9 Å². The molecule has 1 aliphatic rings. The number of carbonyl (C=O) groups excluding carboxylic acids is 2. The number of hydrogen-bond donors (Lipinski definition) is 2. The zero-order valence-corrected chi connectivity index (χ0v) is 21.2. The number of aliphatic hydroxyl groups excluding tert-OH is 1. The highest BCUT2D eigenvalue weighted by atomic mass is 16.5. The van der Waals surface area contributed by atoms with Crippen molar-refractivity contribution in [3.63, 3.8) is 0 Å². The molecule has 2 heterocycles. The molecular formula is C30H29N3O4. The molecule has 0 bridgehead atoms. The lowest BCUT2D eigenvalue weighted by Gasteiger charge is -2.25. The molecule has 188 valence electrons. The maximum absolute atomic E-state index is 13.5. The molecule has 5 rings (SSSR count). The fraction of sp³-hybridized carbons (Fsp3) is 0.200. The highest BCUT2D eigenvalue weighted by molar-refractivity contribution is 6.51. The summed E-state index contributed by atoms with van der Waals surface area (Å²) in [6, 6.07) is 21.2. The summed E-state index contributed by atoms with van der Waals surface area (Å²) in [5, 5.41) is 12.3. The molecule has 0 saturated carbocycles. The fourth-order valence-electron chi connectivity index (χ4n) is 4.74. The van der Waals surface area contributed by atoms with Gasteiger partial charge in [-0.25, -0.2) is 0 Å². The molecule has 3 aromatic carbocycles. The lowest BCUT2D eigenvalue weighted by molar-refractivity contribution is -0.132. The van der Waals surface area contributed by atoms with Crippen LogP contribution in [0.1, 0.15) is 31.0 Å². The SMILES string of the molecule is CC(C)Oc1ccc(/C(O)=C2\C(=O)C(=O)N(c3ccc(N(C)C)cc3)C2c2c[nH]c3ccccc23)cc1. The number of hydrogen-bond acceptors (Lipinski definition) is 5. The lowest BCUT2D eigenvalue weighted by Crippen LogP contribution is -2.29. The number of aromatic amines is 1. The fourth-order valence-corrected chi connectivity index (χ4v) is 4.74. The quantitative estimate of drug-likeness (QED) is 0.205. The molecule has 1 amide bonds. The second-order valence-electron chi connectivity index (χ2n) is 9.56. The van der Waals surface area contributed by atoms with Crippen molar-refractivity contribution in [2.45, 2.75) is 26.0 Å². The van der Waals surface area contributed by atoms with Gasteiger partial charge in [-0.1, -0.05) is 18.2 Å². The zero-order chi connectivity index (χ0) is 26.3. The van der Waals surface area contributed by atoms with Gasteiger partial charge in [-0.2, -0.15) is 0 Å². The van der Waals surface area contributed by atoms with Crippen molar-refractivity contribution in [1.82, 2.24) is 4.98 Å². The van der Waals surface area contributed by atoms with Gasteiger partial charge in [-0.3, -0.25) is 14.5 Å². The molecule has 0 aliphatic carbocycles. The number of carbonyl (C=O) groups is 2. The number of rotatable bonds is 6. The van der Waals surface area contributed by atoms with Crippen LogP contribution in [-0.4, -0.2) is 42.0 Å². The van der Waals surface area contributed by atoms with E-state index in [0.29, 0.717) is 17.0 Å². The first kappa shape index (κ1) is 24.2. The molecular weight excluding hydrogens is 466 g/mol. The number of para-hydroxylation sites is 1. The zero-order valence-electron chi connectivity index (χ0n) is 21.2. The largest absolute Gasteiger partial charge is 0.507 e. The van der Waals surface area contributed by atoms with Gasteiger partial charge in [-0.05, 0) is 68.4 Å². The summed E-state index contributed by atoms with van der Waals surface area (Å²) in [5.41, 5.74) is 3.62. The smallest absolute Gasteiger partial charge is 0.300 e. The maximum atomic E-state index is 13.5. The third-order valence-electron chi connectivity index (χ3n) is 6.50. The van der Waals surface area contributed by atoms with Crippen LogP contribution < -0.4 is 14.5 Å². The average molecular weight is 496 g/mol. The summed E-state index contributed by atoms with van der Waals surface area (Å²) in [6.45, 7) is 3.86. The second-order valence-corrected chi connectivity index (χ2v) is 9.56. The van der Waals surface area contributed by atoms with E-state index >= 15 is 0 Å². The number of amides is 1. The molecule has 0 spiro atoms. The Morgan fingerprint density at radius 3 is 2.30 bits per heavy atom. The van der Waals surface area contributed by atoms with Gasteiger partial charge < -0.3 is 19.7 Å². The summed E-state index contributed by atoms with van der Waals surface area (Å²) in [7, 11) is 3.87.